The molecule has 0 saturated carbocycles. The number of nitrogens with zero attached hydrogens (tertiary/aromatic N) is 3. The fraction of sp³-hybridized carbons (Fsp3) is 0.600. The second-order valence-electron chi connectivity index (χ2n) is 7.21. The maximum atomic E-state index is 13.1. The Labute approximate surface area is 159 Å². The van der Waals surface area contributed by atoms with Gasteiger partial charge in [-0.1, -0.05) is 12.1 Å². The maximum absolute atomic E-state index is 13.1. The zero-order chi connectivity index (χ0) is 19.2. The summed E-state index contributed by atoms with van der Waals surface area (Å²) in [5, 5.41) is 0. The van der Waals surface area contributed by atoms with Gasteiger partial charge in [0.2, 0.25) is 5.91 Å². The number of hydrogen-bond donors (Lipinski definition) is 0. The normalized spacial score (nSPS) is 21.2. The number of hydrogen-bond acceptors (Lipinski definition) is 4. The van der Waals surface area contributed by atoms with Gasteiger partial charge in [0, 0.05) is 39.3 Å². The molecule has 2 heterocycles. The first-order valence-electron chi connectivity index (χ1n) is 9.74. The molecule has 2 fully saturated rings. The number of carbonyl (C=O) groups excluding carboxylic acids is 2. The molecule has 3 rings (SSSR count). The van der Waals surface area contributed by atoms with Crippen LogP contribution in [0.3, 0.4) is 0 Å². The SMILES string of the molecule is CCOC(=O)N1CCN(C(=O)[C@@H]2CCCN(Cc3ccc(F)cc3)C2)CC1. The summed E-state index contributed by atoms with van der Waals surface area (Å²) in [5.41, 5.74) is 1.06. The van der Waals surface area contributed by atoms with E-state index in [1.807, 2.05) is 4.90 Å². The molecule has 0 N–H and O–H groups in total. The Balaban J connectivity index is 1.50. The fourth-order valence-electron chi connectivity index (χ4n) is 3.83. The van der Waals surface area contributed by atoms with Crippen LogP contribution in [0.25, 0.3) is 0 Å². The predicted octanol–water partition coefficient (Wildman–Crippen LogP) is 2.34. The van der Waals surface area contributed by atoms with Crippen LogP contribution in [0.2, 0.25) is 0 Å². The van der Waals surface area contributed by atoms with E-state index in [0.29, 0.717) is 32.8 Å². The topological polar surface area (TPSA) is 53.1 Å². The number of amides is 2. The molecule has 2 saturated heterocycles. The highest BCUT2D eigenvalue weighted by molar-refractivity contribution is 5.79. The number of piperazine rings is 1. The van der Waals surface area contributed by atoms with Crippen LogP contribution >= 0.6 is 0 Å². The second kappa shape index (κ2) is 9.17. The zero-order valence-corrected chi connectivity index (χ0v) is 15.9. The van der Waals surface area contributed by atoms with Crippen molar-refractivity contribution in [3.8, 4) is 0 Å². The number of benzene rings is 1. The van der Waals surface area contributed by atoms with Crippen molar-refractivity contribution in [3.05, 3.63) is 35.6 Å². The molecule has 1 aromatic rings. The van der Waals surface area contributed by atoms with Gasteiger partial charge in [0.1, 0.15) is 5.82 Å². The monoisotopic (exact) mass is 377 g/mol. The maximum Gasteiger partial charge on any atom is 0.409 e. The molecule has 0 bridgehead atoms. The summed E-state index contributed by atoms with van der Waals surface area (Å²) >= 11 is 0. The van der Waals surface area contributed by atoms with Gasteiger partial charge in [0.25, 0.3) is 0 Å². The highest BCUT2D eigenvalue weighted by Crippen LogP contribution is 2.21. The molecule has 2 aliphatic heterocycles. The molecule has 0 radical (unpaired) electrons. The molecule has 0 aliphatic carbocycles. The Hall–Kier alpha value is -2.15. The van der Waals surface area contributed by atoms with Gasteiger partial charge >= 0.3 is 6.09 Å². The minimum absolute atomic E-state index is 0.00617. The van der Waals surface area contributed by atoms with Crippen LogP contribution in [0, 0.1) is 11.7 Å². The summed E-state index contributed by atoms with van der Waals surface area (Å²) in [7, 11) is 0. The molecule has 0 unspecified atom stereocenters. The first-order valence-corrected chi connectivity index (χ1v) is 9.74. The zero-order valence-electron chi connectivity index (χ0n) is 15.9. The van der Waals surface area contributed by atoms with Gasteiger partial charge in [-0.2, -0.15) is 0 Å². The van der Waals surface area contributed by atoms with Crippen molar-refractivity contribution in [2.75, 3.05) is 45.9 Å². The molecule has 1 atom stereocenters. The van der Waals surface area contributed by atoms with Crippen molar-refractivity contribution in [2.45, 2.75) is 26.3 Å². The summed E-state index contributed by atoms with van der Waals surface area (Å²) in [4.78, 5) is 30.5. The number of likely N-dealkylation sites (tertiary alicyclic amines) is 1. The second-order valence-corrected chi connectivity index (χ2v) is 7.21. The van der Waals surface area contributed by atoms with E-state index in [4.69, 9.17) is 4.74 Å². The molecule has 0 spiro atoms. The van der Waals surface area contributed by atoms with E-state index >= 15 is 0 Å². The van der Waals surface area contributed by atoms with E-state index in [1.54, 1.807) is 24.0 Å². The molecule has 7 heteroatoms. The van der Waals surface area contributed by atoms with Crippen molar-refractivity contribution < 1.29 is 18.7 Å². The minimum atomic E-state index is -0.298. The summed E-state index contributed by atoms with van der Waals surface area (Å²) < 4.78 is 18.1. The third-order valence-corrected chi connectivity index (χ3v) is 5.29. The number of halogens is 1. The van der Waals surface area contributed by atoms with E-state index in [0.717, 1.165) is 38.0 Å². The fourth-order valence-corrected chi connectivity index (χ4v) is 3.83. The lowest BCUT2D eigenvalue weighted by molar-refractivity contribution is -0.139. The number of piperidine rings is 1. The Kier molecular flexibility index (Phi) is 6.66. The third kappa shape index (κ3) is 5.19. The van der Waals surface area contributed by atoms with Crippen LogP contribution in [-0.2, 0) is 16.1 Å². The average molecular weight is 377 g/mol. The van der Waals surface area contributed by atoms with Crippen molar-refractivity contribution >= 4 is 12.0 Å². The van der Waals surface area contributed by atoms with Crippen LogP contribution in [0.4, 0.5) is 9.18 Å². The van der Waals surface area contributed by atoms with Gasteiger partial charge in [0.05, 0.1) is 12.5 Å². The van der Waals surface area contributed by atoms with Crippen molar-refractivity contribution in [1.29, 1.82) is 0 Å². The first-order chi connectivity index (χ1) is 13.1. The van der Waals surface area contributed by atoms with Crippen LogP contribution < -0.4 is 0 Å². The number of ether oxygens (including phenoxy) is 1. The summed E-state index contributed by atoms with van der Waals surface area (Å²) in [5.74, 6) is -0.0527. The van der Waals surface area contributed by atoms with Gasteiger partial charge in [-0.25, -0.2) is 9.18 Å². The summed E-state index contributed by atoms with van der Waals surface area (Å²) in [6, 6.07) is 6.56. The van der Waals surface area contributed by atoms with E-state index < -0.39 is 0 Å². The van der Waals surface area contributed by atoms with Crippen LogP contribution in [0.1, 0.15) is 25.3 Å². The molecule has 148 valence electrons. The summed E-state index contributed by atoms with van der Waals surface area (Å²) in [6.45, 7) is 6.75. The van der Waals surface area contributed by atoms with E-state index in [2.05, 4.69) is 4.90 Å². The number of rotatable bonds is 4. The lowest BCUT2D eigenvalue weighted by Gasteiger charge is -2.38. The molecule has 1 aromatic carbocycles. The quantitative estimate of drug-likeness (QED) is 0.808. The van der Waals surface area contributed by atoms with Gasteiger partial charge in [-0.05, 0) is 44.0 Å². The largest absolute Gasteiger partial charge is 0.450 e. The van der Waals surface area contributed by atoms with E-state index in [9.17, 15) is 14.0 Å². The predicted molar refractivity (Wildman–Crippen MR) is 99.6 cm³/mol. The minimum Gasteiger partial charge on any atom is -0.450 e. The molecule has 2 amide bonds. The van der Waals surface area contributed by atoms with Crippen molar-refractivity contribution in [3.63, 3.8) is 0 Å². The lowest BCUT2D eigenvalue weighted by atomic mass is 9.95. The van der Waals surface area contributed by atoms with E-state index in [-0.39, 0.29) is 23.7 Å². The Morgan fingerprint density at radius 3 is 2.41 bits per heavy atom. The average Bonchev–Trinajstić information content (AvgIpc) is 2.70. The third-order valence-electron chi connectivity index (χ3n) is 5.29. The van der Waals surface area contributed by atoms with Crippen molar-refractivity contribution in [1.82, 2.24) is 14.7 Å². The van der Waals surface area contributed by atoms with Gasteiger partial charge in [0.15, 0.2) is 0 Å². The lowest BCUT2D eigenvalue weighted by Crippen LogP contribution is -2.53. The first kappa shape index (κ1) is 19.6. The van der Waals surface area contributed by atoms with Gasteiger partial charge in [-0.3, -0.25) is 9.69 Å². The standard InChI is InChI=1S/C20H28FN3O3/c1-2-27-20(26)24-12-10-23(11-13-24)19(25)17-4-3-9-22(15-17)14-16-5-7-18(21)8-6-16/h5-8,17H,2-4,9-15H2,1H3/t17-/m1/s1. The Bertz CT molecular complexity index is 644. The van der Waals surface area contributed by atoms with Crippen LogP contribution in [-0.4, -0.2) is 72.6 Å². The van der Waals surface area contributed by atoms with Gasteiger partial charge in [-0.15, -0.1) is 0 Å². The van der Waals surface area contributed by atoms with Crippen LogP contribution in [0.5, 0.6) is 0 Å². The molecule has 2 aliphatic rings. The summed E-state index contributed by atoms with van der Waals surface area (Å²) in [6.07, 6.45) is 1.59. The molecular weight excluding hydrogens is 349 g/mol. The molecule has 0 aromatic heterocycles. The van der Waals surface area contributed by atoms with Gasteiger partial charge < -0.3 is 14.5 Å². The van der Waals surface area contributed by atoms with Crippen molar-refractivity contribution in [2.24, 2.45) is 5.92 Å². The molecule has 27 heavy (non-hydrogen) atoms. The highest BCUT2D eigenvalue weighted by atomic mass is 19.1. The molecular formula is C20H28FN3O3. The Morgan fingerprint density at radius 2 is 1.74 bits per heavy atom. The highest BCUT2D eigenvalue weighted by Gasteiger charge is 2.32. The Morgan fingerprint density at radius 1 is 1.07 bits per heavy atom. The van der Waals surface area contributed by atoms with Crippen LogP contribution in [0.15, 0.2) is 24.3 Å². The molecule has 6 nitrogen and oxygen atoms in total. The number of carbonyl (C=O) groups is 2. The van der Waals surface area contributed by atoms with E-state index in [1.165, 1.54) is 12.1 Å². The smallest absolute Gasteiger partial charge is 0.409 e.